The summed E-state index contributed by atoms with van der Waals surface area (Å²) in [7, 11) is 0. The quantitative estimate of drug-likeness (QED) is 0.790. The van der Waals surface area contributed by atoms with Crippen LogP contribution < -0.4 is 10.2 Å². The molecule has 1 aliphatic rings. The summed E-state index contributed by atoms with van der Waals surface area (Å²) in [5, 5.41) is 3.77. The highest BCUT2D eigenvalue weighted by molar-refractivity contribution is 5.90. The van der Waals surface area contributed by atoms with Crippen molar-refractivity contribution in [1.29, 1.82) is 0 Å². The van der Waals surface area contributed by atoms with E-state index >= 15 is 0 Å². The zero-order valence-corrected chi connectivity index (χ0v) is 13.4. The molecule has 0 unspecified atom stereocenters. The van der Waals surface area contributed by atoms with Crippen LogP contribution in [0.4, 0.5) is 26.2 Å². The second-order valence-corrected chi connectivity index (χ2v) is 5.74. The number of aromatic nitrogens is 2. The zero-order valence-electron chi connectivity index (χ0n) is 13.4. The highest BCUT2D eigenvalue weighted by Gasteiger charge is 2.17. The maximum absolute atomic E-state index is 13.9. The van der Waals surface area contributed by atoms with Crippen molar-refractivity contribution in [2.75, 3.05) is 36.5 Å². The molecule has 1 aromatic heterocycles. The first-order valence-electron chi connectivity index (χ1n) is 8.02. The van der Waals surface area contributed by atoms with Gasteiger partial charge in [0, 0.05) is 24.5 Å². The number of anilines is 3. The Labute approximate surface area is 143 Å². The number of halogens is 2. The van der Waals surface area contributed by atoms with Crippen LogP contribution in [0, 0.1) is 11.6 Å². The van der Waals surface area contributed by atoms with Crippen molar-refractivity contribution < 1.29 is 13.5 Å². The molecule has 1 N–H and O–H groups in total. The first-order chi connectivity index (χ1) is 12.2. The minimum atomic E-state index is -0.690. The number of ether oxygens (including phenoxy) is 1. The maximum Gasteiger partial charge on any atom is 0.229 e. The number of fused-ring (bicyclic) bond motifs is 1. The van der Waals surface area contributed by atoms with Crippen LogP contribution in [0.2, 0.25) is 0 Å². The molecule has 0 aliphatic carbocycles. The highest BCUT2D eigenvalue weighted by Crippen LogP contribution is 2.27. The molecule has 0 radical (unpaired) electrons. The van der Waals surface area contributed by atoms with Crippen LogP contribution in [0.25, 0.3) is 10.9 Å². The Morgan fingerprint density at radius 2 is 1.80 bits per heavy atom. The van der Waals surface area contributed by atoms with E-state index in [1.807, 2.05) is 24.3 Å². The predicted octanol–water partition coefficient (Wildman–Crippen LogP) is 3.49. The summed E-state index contributed by atoms with van der Waals surface area (Å²) in [5.74, 6) is -0.272. The van der Waals surface area contributed by atoms with Gasteiger partial charge in [0.2, 0.25) is 5.95 Å². The smallest absolute Gasteiger partial charge is 0.229 e. The molecule has 128 valence electrons. The van der Waals surface area contributed by atoms with E-state index in [0.29, 0.717) is 13.2 Å². The monoisotopic (exact) mass is 342 g/mol. The van der Waals surface area contributed by atoms with E-state index in [-0.39, 0.29) is 11.6 Å². The molecule has 1 saturated heterocycles. The van der Waals surface area contributed by atoms with Gasteiger partial charge in [-0.2, -0.15) is 4.98 Å². The van der Waals surface area contributed by atoms with Crippen molar-refractivity contribution in [3.8, 4) is 0 Å². The van der Waals surface area contributed by atoms with Gasteiger partial charge in [0.05, 0.1) is 24.4 Å². The van der Waals surface area contributed by atoms with Gasteiger partial charge >= 0.3 is 0 Å². The number of hydrogen-bond acceptors (Lipinski definition) is 5. The minimum absolute atomic E-state index is 0.129. The van der Waals surface area contributed by atoms with Crippen LogP contribution in [0.15, 0.2) is 42.5 Å². The minimum Gasteiger partial charge on any atom is -0.378 e. The van der Waals surface area contributed by atoms with E-state index in [9.17, 15) is 8.78 Å². The Bertz CT molecular complexity index is 913. The van der Waals surface area contributed by atoms with Crippen molar-refractivity contribution in [1.82, 2.24) is 9.97 Å². The fraction of sp³-hybridized carbons (Fsp3) is 0.222. The van der Waals surface area contributed by atoms with E-state index in [4.69, 9.17) is 4.74 Å². The molecule has 0 saturated carbocycles. The van der Waals surface area contributed by atoms with Crippen molar-refractivity contribution >= 4 is 28.4 Å². The molecule has 0 spiro atoms. The van der Waals surface area contributed by atoms with E-state index in [2.05, 4.69) is 20.2 Å². The van der Waals surface area contributed by atoms with Crippen LogP contribution >= 0.6 is 0 Å². The number of nitrogens with one attached hydrogen (secondary N) is 1. The van der Waals surface area contributed by atoms with Crippen molar-refractivity contribution in [3.05, 3.63) is 54.1 Å². The second kappa shape index (κ2) is 6.60. The summed E-state index contributed by atoms with van der Waals surface area (Å²) in [6.45, 7) is 2.72. The molecule has 1 aliphatic heterocycles. The van der Waals surface area contributed by atoms with Crippen LogP contribution in [0.5, 0.6) is 0 Å². The van der Waals surface area contributed by atoms with E-state index in [1.54, 1.807) is 0 Å². The molecule has 0 bridgehead atoms. The largest absolute Gasteiger partial charge is 0.378 e. The fourth-order valence-corrected chi connectivity index (χ4v) is 2.84. The third-order valence-corrected chi connectivity index (χ3v) is 4.07. The van der Waals surface area contributed by atoms with Gasteiger partial charge in [-0.25, -0.2) is 13.8 Å². The van der Waals surface area contributed by atoms with Gasteiger partial charge in [0.1, 0.15) is 17.5 Å². The average Bonchev–Trinajstić information content (AvgIpc) is 2.64. The second-order valence-electron chi connectivity index (χ2n) is 5.74. The Kier molecular flexibility index (Phi) is 4.15. The van der Waals surface area contributed by atoms with Gasteiger partial charge in [-0.15, -0.1) is 0 Å². The highest BCUT2D eigenvalue weighted by atomic mass is 19.1. The molecular formula is C18H16F2N4O. The van der Waals surface area contributed by atoms with E-state index < -0.39 is 11.6 Å². The van der Waals surface area contributed by atoms with Gasteiger partial charge in [-0.05, 0) is 24.3 Å². The van der Waals surface area contributed by atoms with Crippen molar-refractivity contribution in [2.45, 2.75) is 0 Å². The Hall–Kier alpha value is -2.80. The third kappa shape index (κ3) is 3.23. The zero-order chi connectivity index (χ0) is 17.2. The Balaban J connectivity index is 1.76. The number of rotatable bonds is 3. The molecular weight excluding hydrogens is 326 g/mol. The van der Waals surface area contributed by atoms with Gasteiger partial charge in [0.15, 0.2) is 0 Å². The summed E-state index contributed by atoms with van der Waals surface area (Å²) >= 11 is 0. The summed E-state index contributed by atoms with van der Waals surface area (Å²) in [6.07, 6.45) is 0. The van der Waals surface area contributed by atoms with Gasteiger partial charge in [-0.1, -0.05) is 12.1 Å². The first-order valence-corrected chi connectivity index (χ1v) is 8.02. The van der Waals surface area contributed by atoms with Gasteiger partial charge in [-0.3, -0.25) is 0 Å². The summed E-state index contributed by atoms with van der Waals surface area (Å²) in [5.41, 5.74) is 0.883. The van der Waals surface area contributed by atoms with E-state index in [1.165, 1.54) is 12.1 Å². The Morgan fingerprint density at radius 3 is 2.60 bits per heavy atom. The standard InChI is InChI=1S/C18H16F2N4O/c19-12-5-6-16(14(20)11-12)22-18-21-15-4-2-1-3-13(15)17(23-18)24-7-9-25-10-8-24/h1-6,11H,7-10H2,(H,21,22,23). The van der Waals surface area contributed by atoms with Crippen LogP contribution in [0.3, 0.4) is 0 Å². The van der Waals surface area contributed by atoms with Crippen LogP contribution in [-0.2, 0) is 4.74 Å². The lowest BCUT2D eigenvalue weighted by Crippen LogP contribution is -2.37. The Morgan fingerprint density at radius 1 is 1.00 bits per heavy atom. The average molecular weight is 342 g/mol. The lowest BCUT2D eigenvalue weighted by atomic mass is 10.2. The molecule has 3 aromatic rings. The molecule has 0 atom stereocenters. The number of morpholine rings is 1. The molecule has 4 rings (SSSR count). The summed E-state index contributed by atoms with van der Waals surface area (Å²) in [4.78, 5) is 11.1. The normalized spacial score (nSPS) is 14.7. The van der Waals surface area contributed by atoms with Crippen LogP contribution in [0.1, 0.15) is 0 Å². The molecule has 2 heterocycles. The number of hydrogen-bond donors (Lipinski definition) is 1. The fourth-order valence-electron chi connectivity index (χ4n) is 2.84. The maximum atomic E-state index is 13.9. The lowest BCUT2D eigenvalue weighted by Gasteiger charge is -2.29. The first kappa shape index (κ1) is 15.7. The lowest BCUT2D eigenvalue weighted by molar-refractivity contribution is 0.122. The van der Waals surface area contributed by atoms with Crippen molar-refractivity contribution in [2.24, 2.45) is 0 Å². The number of benzene rings is 2. The van der Waals surface area contributed by atoms with Gasteiger partial charge < -0.3 is 15.0 Å². The summed E-state index contributed by atoms with van der Waals surface area (Å²) < 4.78 is 32.4. The van der Waals surface area contributed by atoms with Gasteiger partial charge in [0.25, 0.3) is 0 Å². The SMILES string of the molecule is Fc1ccc(Nc2nc(N3CCOCC3)c3ccccc3n2)c(F)c1. The van der Waals surface area contributed by atoms with Crippen molar-refractivity contribution in [3.63, 3.8) is 0 Å². The van der Waals surface area contributed by atoms with Crippen LogP contribution in [-0.4, -0.2) is 36.3 Å². The molecule has 25 heavy (non-hydrogen) atoms. The number of para-hydroxylation sites is 1. The molecule has 5 nitrogen and oxygen atoms in total. The molecule has 0 amide bonds. The number of nitrogens with zero attached hydrogens (tertiary/aromatic N) is 3. The topological polar surface area (TPSA) is 50.3 Å². The molecule has 1 fully saturated rings. The predicted molar refractivity (Wildman–Crippen MR) is 92.2 cm³/mol. The third-order valence-electron chi connectivity index (χ3n) is 4.07. The molecule has 7 heteroatoms. The molecule has 2 aromatic carbocycles. The van der Waals surface area contributed by atoms with E-state index in [0.717, 1.165) is 35.9 Å². The summed E-state index contributed by atoms with van der Waals surface area (Å²) in [6, 6.07) is 11.0.